The lowest BCUT2D eigenvalue weighted by molar-refractivity contribution is 0.613. The number of anilines is 1. The Hall–Kier alpha value is -2.01. The molecule has 100 valence electrons. The summed E-state index contributed by atoms with van der Waals surface area (Å²) in [6, 6.07) is 8.51. The number of aromatic nitrogens is 2. The van der Waals surface area contributed by atoms with Crippen molar-refractivity contribution in [2.75, 3.05) is 18.4 Å². The summed E-state index contributed by atoms with van der Waals surface area (Å²) < 4.78 is 13.6. The fourth-order valence-corrected chi connectivity index (χ4v) is 1.72. The molecule has 0 unspecified atom stereocenters. The second-order valence-electron chi connectivity index (χ2n) is 4.21. The van der Waals surface area contributed by atoms with Crippen LogP contribution in [0.1, 0.15) is 17.7 Å². The van der Waals surface area contributed by atoms with E-state index in [1.54, 1.807) is 24.4 Å². The Morgan fingerprint density at radius 1 is 1.21 bits per heavy atom. The van der Waals surface area contributed by atoms with Gasteiger partial charge in [-0.05, 0) is 30.7 Å². The molecule has 1 aromatic heterocycles. The number of nitrogens with one attached hydrogen (secondary N) is 1. The molecule has 0 fully saturated rings. The molecule has 2 aromatic rings. The van der Waals surface area contributed by atoms with Crippen LogP contribution in [-0.2, 0) is 6.42 Å². The summed E-state index contributed by atoms with van der Waals surface area (Å²) in [6.07, 6.45) is 3.00. The van der Waals surface area contributed by atoms with E-state index >= 15 is 0 Å². The van der Waals surface area contributed by atoms with E-state index in [0.717, 1.165) is 18.7 Å². The lowest BCUT2D eigenvalue weighted by atomic mass is 10.1. The van der Waals surface area contributed by atoms with E-state index in [-0.39, 0.29) is 5.82 Å². The number of halogens is 1. The van der Waals surface area contributed by atoms with Gasteiger partial charge in [-0.2, -0.15) is 0 Å². The van der Waals surface area contributed by atoms with Crippen molar-refractivity contribution in [1.29, 1.82) is 0 Å². The van der Waals surface area contributed by atoms with Crippen molar-refractivity contribution < 1.29 is 4.39 Å². The molecular weight excluding hydrogens is 243 g/mol. The van der Waals surface area contributed by atoms with Crippen LogP contribution >= 0.6 is 0 Å². The van der Waals surface area contributed by atoms with Crippen LogP contribution in [0.2, 0.25) is 0 Å². The van der Waals surface area contributed by atoms with Crippen LogP contribution < -0.4 is 11.1 Å². The summed E-state index contributed by atoms with van der Waals surface area (Å²) in [7, 11) is 0. The Bertz CT molecular complexity index is 530. The van der Waals surface area contributed by atoms with E-state index in [0.29, 0.717) is 24.5 Å². The second kappa shape index (κ2) is 6.80. The van der Waals surface area contributed by atoms with Crippen molar-refractivity contribution in [3.8, 4) is 0 Å². The summed E-state index contributed by atoms with van der Waals surface area (Å²) in [5, 5.41) is 3.09. The van der Waals surface area contributed by atoms with Gasteiger partial charge in [0.05, 0.1) is 5.69 Å². The lowest BCUT2D eigenvalue weighted by Crippen LogP contribution is -2.11. The van der Waals surface area contributed by atoms with Crippen molar-refractivity contribution in [2.45, 2.75) is 12.8 Å². The quantitative estimate of drug-likeness (QED) is 0.779. The van der Waals surface area contributed by atoms with E-state index in [2.05, 4.69) is 15.3 Å². The van der Waals surface area contributed by atoms with Gasteiger partial charge in [0.2, 0.25) is 5.95 Å². The first-order chi connectivity index (χ1) is 9.29. The Morgan fingerprint density at radius 3 is 2.84 bits per heavy atom. The maximum atomic E-state index is 13.6. The molecule has 0 aliphatic rings. The van der Waals surface area contributed by atoms with Crippen molar-refractivity contribution in [3.05, 3.63) is 53.6 Å². The second-order valence-corrected chi connectivity index (χ2v) is 4.21. The number of nitrogens with two attached hydrogens (primary N) is 1. The van der Waals surface area contributed by atoms with Crippen LogP contribution in [0.5, 0.6) is 0 Å². The SMILES string of the molecule is NCCCNc1nccc(Cc2ccccc2F)n1. The van der Waals surface area contributed by atoms with Gasteiger partial charge in [-0.3, -0.25) is 0 Å². The third-order valence-corrected chi connectivity index (χ3v) is 2.71. The molecule has 0 spiro atoms. The van der Waals surface area contributed by atoms with Gasteiger partial charge < -0.3 is 11.1 Å². The Morgan fingerprint density at radius 2 is 2.05 bits per heavy atom. The van der Waals surface area contributed by atoms with Gasteiger partial charge in [-0.25, -0.2) is 14.4 Å². The number of rotatable bonds is 6. The summed E-state index contributed by atoms with van der Waals surface area (Å²) in [6.45, 7) is 1.36. The van der Waals surface area contributed by atoms with Crippen LogP contribution in [0.4, 0.5) is 10.3 Å². The molecule has 0 radical (unpaired) electrons. The fourth-order valence-electron chi connectivity index (χ4n) is 1.72. The largest absolute Gasteiger partial charge is 0.354 e. The molecule has 2 rings (SSSR count). The van der Waals surface area contributed by atoms with Crippen molar-refractivity contribution in [2.24, 2.45) is 5.73 Å². The zero-order valence-electron chi connectivity index (χ0n) is 10.6. The smallest absolute Gasteiger partial charge is 0.222 e. The van der Waals surface area contributed by atoms with Gasteiger partial charge in [0.15, 0.2) is 0 Å². The average molecular weight is 260 g/mol. The minimum absolute atomic E-state index is 0.209. The predicted octanol–water partition coefficient (Wildman–Crippen LogP) is 1.97. The minimum Gasteiger partial charge on any atom is -0.354 e. The first-order valence-electron chi connectivity index (χ1n) is 6.29. The molecule has 0 amide bonds. The van der Waals surface area contributed by atoms with Crippen LogP contribution in [0.3, 0.4) is 0 Å². The summed E-state index contributed by atoms with van der Waals surface area (Å²) in [5.74, 6) is 0.348. The van der Waals surface area contributed by atoms with Gasteiger partial charge >= 0.3 is 0 Å². The predicted molar refractivity (Wildman–Crippen MR) is 73.4 cm³/mol. The monoisotopic (exact) mass is 260 g/mol. The minimum atomic E-state index is -0.209. The highest BCUT2D eigenvalue weighted by atomic mass is 19.1. The molecule has 0 saturated carbocycles. The van der Waals surface area contributed by atoms with Crippen LogP contribution in [0, 0.1) is 5.82 Å². The molecule has 0 aliphatic heterocycles. The van der Waals surface area contributed by atoms with Crippen LogP contribution in [-0.4, -0.2) is 23.1 Å². The van der Waals surface area contributed by atoms with Gasteiger partial charge in [-0.15, -0.1) is 0 Å². The third kappa shape index (κ3) is 3.99. The molecule has 5 heteroatoms. The molecule has 3 N–H and O–H groups in total. The van der Waals surface area contributed by atoms with Crippen molar-refractivity contribution in [3.63, 3.8) is 0 Å². The van der Waals surface area contributed by atoms with Crippen LogP contribution in [0.25, 0.3) is 0 Å². The van der Waals surface area contributed by atoms with E-state index < -0.39 is 0 Å². The van der Waals surface area contributed by atoms with Gasteiger partial charge in [0.25, 0.3) is 0 Å². The van der Waals surface area contributed by atoms with E-state index in [4.69, 9.17) is 5.73 Å². The molecule has 0 aliphatic carbocycles. The number of hydrogen-bond donors (Lipinski definition) is 2. The summed E-state index contributed by atoms with van der Waals surface area (Å²) >= 11 is 0. The molecule has 19 heavy (non-hydrogen) atoms. The highest BCUT2D eigenvalue weighted by molar-refractivity contribution is 5.28. The number of hydrogen-bond acceptors (Lipinski definition) is 4. The van der Waals surface area contributed by atoms with Gasteiger partial charge in [0, 0.05) is 19.2 Å². The molecule has 0 atom stereocenters. The van der Waals surface area contributed by atoms with E-state index in [1.165, 1.54) is 6.07 Å². The Kier molecular flexibility index (Phi) is 4.80. The van der Waals surface area contributed by atoms with Gasteiger partial charge in [0.1, 0.15) is 5.82 Å². The van der Waals surface area contributed by atoms with Crippen LogP contribution in [0.15, 0.2) is 36.5 Å². The molecule has 1 heterocycles. The molecule has 0 saturated heterocycles. The van der Waals surface area contributed by atoms with Crippen molar-refractivity contribution >= 4 is 5.95 Å². The maximum Gasteiger partial charge on any atom is 0.222 e. The standard InChI is InChI=1S/C14H17FN4/c15-13-5-2-1-4-11(13)10-12-6-9-18-14(19-12)17-8-3-7-16/h1-2,4-6,9H,3,7-8,10,16H2,(H,17,18,19). The highest BCUT2D eigenvalue weighted by Crippen LogP contribution is 2.12. The third-order valence-electron chi connectivity index (χ3n) is 2.71. The van der Waals surface area contributed by atoms with E-state index in [9.17, 15) is 4.39 Å². The molecular formula is C14H17FN4. The molecule has 1 aromatic carbocycles. The average Bonchev–Trinajstić information content (AvgIpc) is 2.42. The number of nitrogens with zero attached hydrogens (tertiary/aromatic N) is 2. The Balaban J connectivity index is 2.05. The van der Waals surface area contributed by atoms with Crippen molar-refractivity contribution in [1.82, 2.24) is 9.97 Å². The normalized spacial score (nSPS) is 10.4. The summed E-state index contributed by atoms with van der Waals surface area (Å²) in [5.41, 5.74) is 6.84. The lowest BCUT2D eigenvalue weighted by Gasteiger charge is -2.06. The Labute approximate surface area is 111 Å². The zero-order chi connectivity index (χ0) is 13.5. The molecule has 4 nitrogen and oxygen atoms in total. The maximum absolute atomic E-state index is 13.6. The highest BCUT2D eigenvalue weighted by Gasteiger charge is 2.04. The first kappa shape index (κ1) is 13.4. The van der Waals surface area contributed by atoms with E-state index in [1.807, 2.05) is 6.07 Å². The number of benzene rings is 1. The molecule has 0 bridgehead atoms. The first-order valence-corrected chi connectivity index (χ1v) is 6.29. The fraction of sp³-hybridized carbons (Fsp3) is 0.286. The zero-order valence-corrected chi connectivity index (χ0v) is 10.6. The van der Waals surface area contributed by atoms with Gasteiger partial charge in [-0.1, -0.05) is 18.2 Å². The topological polar surface area (TPSA) is 63.8 Å². The summed E-state index contributed by atoms with van der Waals surface area (Å²) in [4.78, 5) is 8.47.